The molecule has 0 spiro atoms. The Balaban J connectivity index is 1.51. The van der Waals surface area contributed by atoms with E-state index in [9.17, 15) is 9.18 Å². The van der Waals surface area contributed by atoms with Gasteiger partial charge in [-0.1, -0.05) is 24.3 Å². The number of hydrogen-bond donors (Lipinski definition) is 1. The molecule has 1 amide bonds. The molecular formula is C17H15FN2OS. The topological polar surface area (TPSA) is 42.0 Å². The summed E-state index contributed by atoms with van der Waals surface area (Å²) in [7, 11) is 0. The van der Waals surface area contributed by atoms with Gasteiger partial charge in [-0.15, -0.1) is 11.3 Å². The standard InChI is InChI=1S/C17H15FN2OS/c18-13-5-3-4-12(10-13)11-19-16(21)8-9-17-20-14-6-1-2-7-15(14)22-17/h1-7,10H,8-9,11H2,(H,19,21). The van der Waals surface area contributed by atoms with Gasteiger partial charge in [-0.2, -0.15) is 0 Å². The van der Waals surface area contributed by atoms with Gasteiger partial charge in [0.25, 0.3) is 0 Å². The van der Waals surface area contributed by atoms with E-state index in [2.05, 4.69) is 10.3 Å². The minimum absolute atomic E-state index is 0.0523. The lowest BCUT2D eigenvalue weighted by atomic mass is 10.2. The first kappa shape index (κ1) is 14.7. The highest BCUT2D eigenvalue weighted by Crippen LogP contribution is 2.22. The fourth-order valence-electron chi connectivity index (χ4n) is 2.18. The van der Waals surface area contributed by atoms with E-state index in [0.29, 0.717) is 19.4 Å². The van der Waals surface area contributed by atoms with E-state index in [1.54, 1.807) is 23.5 Å². The molecule has 5 heteroatoms. The average molecular weight is 314 g/mol. The molecule has 0 radical (unpaired) electrons. The van der Waals surface area contributed by atoms with Crippen LogP contribution in [0.1, 0.15) is 17.0 Å². The highest BCUT2D eigenvalue weighted by Gasteiger charge is 2.07. The molecule has 0 aliphatic carbocycles. The Morgan fingerprint density at radius 2 is 2.05 bits per heavy atom. The van der Waals surface area contributed by atoms with Gasteiger partial charge < -0.3 is 5.32 Å². The first-order valence-electron chi connectivity index (χ1n) is 7.06. The number of hydrogen-bond acceptors (Lipinski definition) is 3. The third-order valence-corrected chi connectivity index (χ3v) is 4.38. The van der Waals surface area contributed by atoms with Crippen molar-refractivity contribution in [3.05, 3.63) is 64.9 Å². The van der Waals surface area contributed by atoms with Crippen LogP contribution in [-0.4, -0.2) is 10.9 Å². The lowest BCUT2D eigenvalue weighted by Gasteiger charge is -2.04. The van der Waals surface area contributed by atoms with Crippen LogP contribution in [0.3, 0.4) is 0 Å². The van der Waals surface area contributed by atoms with Gasteiger partial charge in [0, 0.05) is 19.4 Å². The molecule has 0 aliphatic heterocycles. The zero-order chi connectivity index (χ0) is 15.4. The van der Waals surface area contributed by atoms with Gasteiger partial charge in [0.05, 0.1) is 15.2 Å². The van der Waals surface area contributed by atoms with E-state index in [1.165, 1.54) is 12.1 Å². The van der Waals surface area contributed by atoms with Gasteiger partial charge in [-0.3, -0.25) is 4.79 Å². The van der Waals surface area contributed by atoms with Crippen LogP contribution >= 0.6 is 11.3 Å². The number of benzene rings is 2. The number of aromatic nitrogens is 1. The van der Waals surface area contributed by atoms with E-state index < -0.39 is 0 Å². The zero-order valence-corrected chi connectivity index (χ0v) is 12.7. The second kappa shape index (κ2) is 6.66. The van der Waals surface area contributed by atoms with E-state index in [-0.39, 0.29) is 11.7 Å². The normalized spacial score (nSPS) is 10.8. The number of nitrogens with one attached hydrogen (secondary N) is 1. The highest BCUT2D eigenvalue weighted by atomic mass is 32.1. The van der Waals surface area contributed by atoms with Crippen LogP contribution in [0.2, 0.25) is 0 Å². The summed E-state index contributed by atoms with van der Waals surface area (Å²) in [6.45, 7) is 0.344. The van der Waals surface area contributed by atoms with Gasteiger partial charge in [0.2, 0.25) is 5.91 Å². The minimum Gasteiger partial charge on any atom is -0.352 e. The van der Waals surface area contributed by atoms with Crippen molar-refractivity contribution >= 4 is 27.5 Å². The Bertz CT molecular complexity index is 767. The minimum atomic E-state index is -0.291. The Hall–Kier alpha value is -2.27. The molecule has 2 aromatic carbocycles. The maximum absolute atomic E-state index is 13.0. The molecule has 0 aliphatic rings. The molecule has 1 N–H and O–H groups in total. The molecule has 0 bridgehead atoms. The Kier molecular flexibility index (Phi) is 4.44. The average Bonchev–Trinajstić information content (AvgIpc) is 2.94. The number of thiazole rings is 1. The second-order valence-corrected chi connectivity index (χ2v) is 6.10. The number of fused-ring (bicyclic) bond motifs is 1. The Morgan fingerprint density at radius 3 is 2.86 bits per heavy atom. The van der Waals surface area contributed by atoms with E-state index in [4.69, 9.17) is 0 Å². The molecule has 112 valence electrons. The molecule has 0 unspecified atom stereocenters. The number of aryl methyl sites for hydroxylation is 1. The smallest absolute Gasteiger partial charge is 0.220 e. The molecule has 3 aromatic rings. The Labute approximate surface area is 131 Å². The second-order valence-electron chi connectivity index (χ2n) is 4.98. The molecule has 3 rings (SSSR count). The fourth-order valence-corrected chi connectivity index (χ4v) is 3.15. The maximum Gasteiger partial charge on any atom is 0.220 e. The van der Waals surface area contributed by atoms with Crippen molar-refractivity contribution in [3.63, 3.8) is 0 Å². The van der Waals surface area contributed by atoms with Crippen LogP contribution in [0.25, 0.3) is 10.2 Å². The van der Waals surface area contributed by atoms with Crippen molar-refractivity contribution in [2.75, 3.05) is 0 Å². The summed E-state index contributed by atoms with van der Waals surface area (Å²) in [5.41, 5.74) is 1.73. The van der Waals surface area contributed by atoms with Crippen LogP contribution in [0.15, 0.2) is 48.5 Å². The van der Waals surface area contributed by atoms with Crippen LogP contribution in [0.5, 0.6) is 0 Å². The van der Waals surface area contributed by atoms with E-state index in [1.807, 2.05) is 24.3 Å². The van der Waals surface area contributed by atoms with Crippen molar-refractivity contribution in [2.24, 2.45) is 0 Å². The van der Waals surface area contributed by atoms with Crippen molar-refractivity contribution in [2.45, 2.75) is 19.4 Å². The van der Waals surface area contributed by atoms with Crippen molar-refractivity contribution in [1.82, 2.24) is 10.3 Å². The predicted octanol–water partition coefficient (Wildman–Crippen LogP) is 3.68. The molecule has 1 heterocycles. The molecule has 3 nitrogen and oxygen atoms in total. The molecular weight excluding hydrogens is 299 g/mol. The quantitative estimate of drug-likeness (QED) is 0.780. The molecule has 0 saturated carbocycles. The number of para-hydroxylation sites is 1. The third-order valence-electron chi connectivity index (χ3n) is 3.28. The summed E-state index contributed by atoms with van der Waals surface area (Å²) in [5, 5.41) is 3.76. The lowest BCUT2D eigenvalue weighted by molar-refractivity contribution is -0.121. The summed E-state index contributed by atoms with van der Waals surface area (Å²) in [5.74, 6) is -0.343. The fraction of sp³-hybridized carbons (Fsp3) is 0.176. The number of rotatable bonds is 5. The summed E-state index contributed by atoms with van der Waals surface area (Å²) in [6.07, 6.45) is 1.00. The summed E-state index contributed by atoms with van der Waals surface area (Å²) >= 11 is 1.61. The maximum atomic E-state index is 13.0. The molecule has 22 heavy (non-hydrogen) atoms. The van der Waals surface area contributed by atoms with Crippen LogP contribution in [-0.2, 0) is 17.8 Å². The summed E-state index contributed by atoms with van der Waals surface area (Å²) < 4.78 is 14.2. The number of carbonyl (C=O) groups excluding carboxylic acids is 1. The Morgan fingerprint density at radius 1 is 1.18 bits per heavy atom. The molecule has 0 fully saturated rings. The molecule has 0 atom stereocenters. The lowest BCUT2D eigenvalue weighted by Crippen LogP contribution is -2.23. The number of amides is 1. The number of nitrogens with zero attached hydrogens (tertiary/aromatic N) is 1. The van der Waals surface area contributed by atoms with Crippen molar-refractivity contribution < 1.29 is 9.18 Å². The number of carbonyl (C=O) groups is 1. The van der Waals surface area contributed by atoms with Crippen LogP contribution in [0.4, 0.5) is 4.39 Å². The van der Waals surface area contributed by atoms with Crippen LogP contribution in [0, 0.1) is 5.82 Å². The monoisotopic (exact) mass is 314 g/mol. The van der Waals surface area contributed by atoms with Crippen molar-refractivity contribution in [1.29, 1.82) is 0 Å². The molecule has 0 saturated heterocycles. The molecule has 1 aromatic heterocycles. The summed E-state index contributed by atoms with van der Waals surface area (Å²) in [6, 6.07) is 14.2. The van der Waals surface area contributed by atoms with E-state index >= 15 is 0 Å². The van der Waals surface area contributed by atoms with Gasteiger partial charge in [-0.25, -0.2) is 9.37 Å². The zero-order valence-electron chi connectivity index (χ0n) is 11.9. The first-order valence-corrected chi connectivity index (χ1v) is 7.88. The van der Waals surface area contributed by atoms with Gasteiger partial charge >= 0.3 is 0 Å². The number of halogens is 1. The third kappa shape index (κ3) is 3.68. The summed E-state index contributed by atoms with van der Waals surface area (Å²) in [4.78, 5) is 16.4. The van der Waals surface area contributed by atoms with E-state index in [0.717, 1.165) is 20.8 Å². The first-order chi connectivity index (χ1) is 10.7. The largest absolute Gasteiger partial charge is 0.352 e. The highest BCUT2D eigenvalue weighted by molar-refractivity contribution is 7.18. The SMILES string of the molecule is O=C(CCc1nc2ccccc2s1)NCc1cccc(F)c1. The van der Waals surface area contributed by atoms with Gasteiger partial charge in [-0.05, 0) is 29.8 Å². The van der Waals surface area contributed by atoms with Gasteiger partial charge in [0.15, 0.2) is 0 Å². The van der Waals surface area contributed by atoms with Crippen LogP contribution < -0.4 is 5.32 Å². The predicted molar refractivity (Wildman–Crippen MR) is 86.2 cm³/mol. The van der Waals surface area contributed by atoms with Gasteiger partial charge in [0.1, 0.15) is 5.82 Å². The van der Waals surface area contributed by atoms with Crippen molar-refractivity contribution in [3.8, 4) is 0 Å².